The molecule has 0 N–H and O–H groups in total. The van der Waals surface area contributed by atoms with Crippen molar-refractivity contribution >= 4 is 43.6 Å². The predicted molar refractivity (Wildman–Crippen MR) is 207 cm³/mol. The smallest absolute Gasteiger partial charge is 0.159 e. The van der Waals surface area contributed by atoms with Crippen molar-refractivity contribution in [1.29, 1.82) is 0 Å². The van der Waals surface area contributed by atoms with Crippen molar-refractivity contribution in [1.82, 2.24) is 19.1 Å². The van der Waals surface area contributed by atoms with Crippen LogP contribution in [-0.2, 0) is 0 Å². The predicted octanol–water partition coefficient (Wildman–Crippen LogP) is 11.7. The standard InChI is InChI=1S/C46H30N4/c1-2-11-31(12-3-1)32-21-23-33(24-22-32)41-27-28-47-46(48-41)34-13-10-14-35(29-34)49-44-20-9-6-17-39(44)40-30-36(25-26-45(40)49)50-42-18-7-4-15-37(42)38-16-5-8-19-43(38)50/h1-30H. The van der Waals surface area contributed by atoms with E-state index in [1.54, 1.807) is 0 Å². The number of para-hydroxylation sites is 3. The highest BCUT2D eigenvalue weighted by molar-refractivity contribution is 6.12. The van der Waals surface area contributed by atoms with E-state index < -0.39 is 0 Å². The summed E-state index contributed by atoms with van der Waals surface area (Å²) in [6.07, 6.45) is 1.85. The van der Waals surface area contributed by atoms with E-state index in [1.807, 2.05) is 18.3 Å². The molecular formula is C46H30N4. The number of benzene rings is 7. The first kappa shape index (κ1) is 28.3. The summed E-state index contributed by atoms with van der Waals surface area (Å²) in [5.41, 5.74) is 12.3. The Kier molecular flexibility index (Phi) is 6.46. The molecule has 0 aliphatic rings. The maximum Gasteiger partial charge on any atom is 0.159 e. The molecule has 0 radical (unpaired) electrons. The summed E-state index contributed by atoms with van der Waals surface area (Å²) in [5, 5.41) is 4.95. The molecule has 10 aromatic rings. The Balaban J connectivity index is 1.07. The molecule has 0 spiro atoms. The quantitative estimate of drug-likeness (QED) is 0.188. The van der Waals surface area contributed by atoms with Crippen molar-refractivity contribution < 1.29 is 0 Å². The molecule has 0 fully saturated rings. The minimum absolute atomic E-state index is 0.700. The van der Waals surface area contributed by atoms with E-state index in [1.165, 1.54) is 43.7 Å². The average Bonchev–Trinajstić information content (AvgIpc) is 3.71. The first-order valence-electron chi connectivity index (χ1n) is 16.9. The van der Waals surface area contributed by atoms with Crippen molar-refractivity contribution in [2.24, 2.45) is 0 Å². The highest BCUT2D eigenvalue weighted by Crippen LogP contribution is 2.37. The van der Waals surface area contributed by atoms with Gasteiger partial charge < -0.3 is 9.13 Å². The van der Waals surface area contributed by atoms with Gasteiger partial charge in [-0.3, -0.25) is 0 Å². The molecule has 10 rings (SSSR count). The van der Waals surface area contributed by atoms with Crippen LogP contribution in [0.25, 0.3) is 88.8 Å². The van der Waals surface area contributed by atoms with Gasteiger partial charge in [-0.15, -0.1) is 0 Å². The first-order chi connectivity index (χ1) is 24.8. The Morgan fingerprint density at radius 1 is 0.340 bits per heavy atom. The molecule has 50 heavy (non-hydrogen) atoms. The van der Waals surface area contributed by atoms with Gasteiger partial charge in [0.05, 0.1) is 27.8 Å². The van der Waals surface area contributed by atoms with Crippen LogP contribution >= 0.6 is 0 Å². The normalized spacial score (nSPS) is 11.6. The molecule has 0 saturated heterocycles. The van der Waals surface area contributed by atoms with E-state index in [0.717, 1.165) is 39.2 Å². The third-order valence-corrected chi connectivity index (χ3v) is 9.80. The topological polar surface area (TPSA) is 35.6 Å². The van der Waals surface area contributed by atoms with Crippen LogP contribution in [-0.4, -0.2) is 19.1 Å². The Labute approximate surface area is 289 Å². The third kappa shape index (κ3) is 4.54. The Hall–Kier alpha value is -6.78. The second-order valence-corrected chi connectivity index (χ2v) is 12.7. The van der Waals surface area contributed by atoms with E-state index >= 15 is 0 Å². The fourth-order valence-corrected chi connectivity index (χ4v) is 7.49. The van der Waals surface area contributed by atoms with Crippen LogP contribution in [0.3, 0.4) is 0 Å². The van der Waals surface area contributed by atoms with E-state index in [9.17, 15) is 0 Å². The maximum atomic E-state index is 5.03. The molecule has 0 amide bonds. The van der Waals surface area contributed by atoms with Crippen molar-refractivity contribution in [3.05, 3.63) is 182 Å². The van der Waals surface area contributed by atoms with Gasteiger partial charge in [-0.2, -0.15) is 0 Å². The lowest BCUT2D eigenvalue weighted by molar-refractivity contribution is 1.15. The van der Waals surface area contributed by atoms with Gasteiger partial charge in [0, 0.05) is 50.2 Å². The van der Waals surface area contributed by atoms with E-state index in [2.05, 4.69) is 173 Å². The second kappa shape index (κ2) is 11.4. The van der Waals surface area contributed by atoms with Gasteiger partial charge in [0.25, 0.3) is 0 Å². The number of rotatable bonds is 5. The zero-order chi connectivity index (χ0) is 33.0. The van der Waals surface area contributed by atoms with Gasteiger partial charge in [-0.05, 0) is 65.7 Å². The largest absolute Gasteiger partial charge is 0.309 e. The first-order valence-corrected chi connectivity index (χ1v) is 16.9. The SMILES string of the molecule is c1ccc(-c2ccc(-c3ccnc(-c4cccc(-n5c6ccccc6c6cc(-n7c8ccccc8c8ccccc87)ccc65)c4)n3)cc2)cc1. The summed E-state index contributed by atoms with van der Waals surface area (Å²) in [6, 6.07) is 62.4. The number of fused-ring (bicyclic) bond motifs is 6. The van der Waals surface area contributed by atoms with Crippen LogP contribution in [0.2, 0.25) is 0 Å². The van der Waals surface area contributed by atoms with E-state index in [0.29, 0.717) is 5.82 Å². The molecule has 4 nitrogen and oxygen atoms in total. The van der Waals surface area contributed by atoms with Crippen LogP contribution in [0.15, 0.2) is 182 Å². The molecule has 0 atom stereocenters. The van der Waals surface area contributed by atoms with Crippen molar-refractivity contribution in [2.45, 2.75) is 0 Å². The van der Waals surface area contributed by atoms with E-state index in [4.69, 9.17) is 9.97 Å². The van der Waals surface area contributed by atoms with Gasteiger partial charge in [-0.25, -0.2) is 9.97 Å². The number of hydrogen-bond donors (Lipinski definition) is 0. The molecule has 234 valence electrons. The fraction of sp³-hybridized carbons (Fsp3) is 0. The monoisotopic (exact) mass is 638 g/mol. The van der Waals surface area contributed by atoms with Crippen LogP contribution in [0, 0.1) is 0 Å². The van der Waals surface area contributed by atoms with E-state index in [-0.39, 0.29) is 0 Å². The minimum Gasteiger partial charge on any atom is -0.309 e. The molecule has 3 heterocycles. The minimum atomic E-state index is 0.700. The summed E-state index contributed by atoms with van der Waals surface area (Å²) in [4.78, 5) is 9.74. The number of hydrogen-bond acceptors (Lipinski definition) is 2. The third-order valence-electron chi connectivity index (χ3n) is 9.80. The van der Waals surface area contributed by atoms with Crippen molar-refractivity contribution in [3.8, 4) is 45.1 Å². The van der Waals surface area contributed by atoms with Crippen molar-refractivity contribution in [3.63, 3.8) is 0 Å². The summed E-state index contributed by atoms with van der Waals surface area (Å²) in [5.74, 6) is 0.700. The number of nitrogens with zero attached hydrogens (tertiary/aromatic N) is 4. The van der Waals surface area contributed by atoms with Gasteiger partial charge >= 0.3 is 0 Å². The highest BCUT2D eigenvalue weighted by Gasteiger charge is 2.17. The Bertz CT molecular complexity index is 2810. The lowest BCUT2D eigenvalue weighted by atomic mass is 10.0. The number of aromatic nitrogens is 4. The highest BCUT2D eigenvalue weighted by atomic mass is 15.0. The van der Waals surface area contributed by atoms with Gasteiger partial charge in [-0.1, -0.05) is 121 Å². The molecule has 0 bridgehead atoms. The average molecular weight is 639 g/mol. The molecule has 0 unspecified atom stereocenters. The van der Waals surface area contributed by atoms with Gasteiger partial charge in [0.15, 0.2) is 5.82 Å². The van der Waals surface area contributed by atoms with Crippen molar-refractivity contribution in [2.75, 3.05) is 0 Å². The summed E-state index contributed by atoms with van der Waals surface area (Å²) in [7, 11) is 0. The molecular weight excluding hydrogens is 609 g/mol. The maximum absolute atomic E-state index is 5.03. The molecule has 0 saturated carbocycles. The van der Waals surface area contributed by atoms with Crippen LogP contribution in [0.5, 0.6) is 0 Å². The second-order valence-electron chi connectivity index (χ2n) is 12.7. The zero-order valence-corrected chi connectivity index (χ0v) is 27.1. The summed E-state index contributed by atoms with van der Waals surface area (Å²) < 4.78 is 4.74. The van der Waals surface area contributed by atoms with Crippen LogP contribution in [0.4, 0.5) is 0 Å². The van der Waals surface area contributed by atoms with Crippen LogP contribution < -0.4 is 0 Å². The summed E-state index contributed by atoms with van der Waals surface area (Å²) >= 11 is 0. The lowest BCUT2D eigenvalue weighted by Crippen LogP contribution is -1.97. The Morgan fingerprint density at radius 2 is 0.860 bits per heavy atom. The Morgan fingerprint density at radius 3 is 1.54 bits per heavy atom. The van der Waals surface area contributed by atoms with Gasteiger partial charge in [0.1, 0.15) is 0 Å². The van der Waals surface area contributed by atoms with Gasteiger partial charge in [0.2, 0.25) is 0 Å². The summed E-state index contributed by atoms with van der Waals surface area (Å²) in [6.45, 7) is 0. The molecule has 7 aromatic carbocycles. The zero-order valence-electron chi connectivity index (χ0n) is 27.1. The molecule has 0 aliphatic carbocycles. The molecule has 3 aromatic heterocycles. The fourth-order valence-electron chi connectivity index (χ4n) is 7.49. The molecule has 4 heteroatoms. The molecule has 0 aliphatic heterocycles. The lowest BCUT2D eigenvalue weighted by Gasteiger charge is -2.11. The van der Waals surface area contributed by atoms with Crippen LogP contribution in [0.1, 0.15) is 0 Å².